The van der Waals surface area contributed by atoms with Crippen LogP contribution >= 0.6 is 11.3 Å². The third-order valence-electron chi connectivity index (χ3n) is 4.20. The maximum Gasteiger partial charge on any atom is 0.416 e. The van der Waals surface area contributed by atoms with Crippen molar-refractivity contribution in [2.24, 2.45) is 5.10 Å². The molecule has 0 aliphatic heterocycles. The summed E-state index contributed by atoms with van der Waals surface area (Å²) in [6.07, 6.45) is -2.11. The monoisotopic (exact) mass is 432 g/mol. The van der Waals surface area contributed by atoms with Crippen LogP contribution in [0.2, 0.25) is 0 Å². The highest BCUT2D eigenvalue weighted by molar-refractivity contribution is 7.10. The molecule has 1 N–H and O–H groups in total. The number of hydrogen-bond donors (Lipinski definition) is 1. The van der Waals surface area contributed by atoms with Crippen LogP contribution < -0.4 is 10.2 Å². The maximum atomic E-state index is 12.9. The van der Waals surface area contributed by atoms with Crippen LogP contribution in [0.15, 0.2) is 65.1 Å². The second-order valence-electron chi connectivity index (χ2n) is 6.38. The van der Waals surface area contributed by atoms with Crippen LogP contribution in [0, 0.1) is 0 Å². The number of hydrogen-bond acceptors (Lipinski definition) is 4. The van der Waals surface area contributed by atoms with Crippen molar-refractivity contribution in [3.05, 3.63) is 87.1 Å². The van der Waals surface area contributed by atoms with Crippen LogP contribution in [0.3, 0.4) is 0 Å². The van der Waals surface area contributed by atoms with Crippen molar-refractivity contribution in [2.75, 3.05) is 0 Å². The zero-order valence-electron chi connectivity index (χ0n) is 16.1. The van der Waals surface area contributed by atoms with Gasteiger partial charge in [0.2, 0.25) is 0 Å². The molecule has 3 rings (SSSR count). The van der Waals surface area contributed by atoms with Crippen LogP contribution in [-0.4, -0.2) is 12.1 Å². The van der Waals surface area contributed by atoms with Gasteiger partial charge in [-0.2, -0.15) is 18.3 Å². The van der Waals surface area contributed by atoms with Crippen molar-refractivity contribution in [3.8, 4) is 5.75 Å². The van der Waals surface area contributed by atoms with Gasteiger partial charge < -0.3 is 4.74 Å². The number of nitrogens with zero attached hydrogens (tertiary/aromatic N) is 1. The number of hydrazone groups is 1. The topological polar surface area (TPSA) is 50.7 Å². The van der Waals surface area contributed by atoms with Crippen molar-refractivity contribution in [1.29, 1.82) is 0 Å². The molecule has 0 spiro atoms. The number of carbonyl (C=O) groups excluding carboxylic acids is 1. The molecule has 156 valence electrons. The molecule has 1 amide bonds. The van der Waals surface area contributed by atoms with E-state index >= 15 is 0 Å². The molecule has 8 heteroatoms. The van der Waals surface area contributed by atoms with E-state index in [1.165, 1.54) is 23.6 Å². The van der Waals surface area contributed by atoms with Crippen LogP contribution in [0.5, 0.6) is 5.75 Å². The summed E-state index contributed by atoms with van der Waals surface area (Å²) in [7, 11) is 0. The lowest BCUT2D eigenvalue weighted by molar-refractivity contribution is -0.137. The van der Waals surface area contributed by atoms with Crippen LogP contribution in [0.4, 0.5) is 13.2 Å². The Bertz CT molecular complexity index is 1040. The Morgan fingerprint density at radius 1 is 1.17 bits per heavy atom. The average Bonchev–Trinajstić information content (AvgIpc) is 3.22. The Balaban J connectivity index is 1.64. The van der Waals surface area contributed by atoms with Gasteiger partial charge in [0, 0.05) is 15.8 Å². The van der Waals surface area contributed by atoms with Gasteiger partial charge in [0.05, 0.1) is 17.3 Å². The number of carbonyl (C=O) groups is 1. The zero-order valence-corrected chi connectivity index (χ0v) is 16.9. The van der Waals surface area contributed by atoms with Crippen molar-refractivity contribution in [3.63, 3.8) is 0 Å². The molecule has 0 fully saturated rings. The highest BCUT2D eigenvalue weighted by atomic mass is 32.1. The van der Waals surface area contributed by atoms with Gasteiger partial charge in [0.25, 0.3) is 5.91 Å². The van der Waals surface area contributed by atoms with E-state index in [1.807, 2.05) is 13.0 Å². The second kappa shape index (κ2) is 9.58. The van der Waals surface area contributed by atoms with E-state index < -0.39 is 11.7 Å². The van der Waals surface area contributed by atoms with Gasteiger partial charge in [-0.3, -0.25) is 4.79 Å². The number of ether oxygens (including phenoxy) is 1. The SMILES string of the molecule is CCc1cc(C(=O)N/N=C\c2ccccc2OCc2cccc(C(F)(F)F)c2)cs1. The smallest absolute Gasteiger partial charge is 0.416 e. The van der Waals surface area contributed by atoms with Crippen LogP contribution in [-0.2, 0) is 19.2 Å². The highest BCUT2D eigenvalue weighted by Gasteiger charge is 2.30. The average molecular weight is 432 g/mol. The van der Waals surface area contributed by atoms with E-state index in [0.717, 1.165) is 23.4 Å². The fraction of sp³-hybridized carbons (Fsp3) is 0.182. The molecule has 0 atom stereocenters. The number of thiophene rings is 1. The minimum absolute atomic E-state index is 0.0319. The van der Waals surface area contributed by atoms with E-state index in [2.05, 4.69) is 10.5 Å². The number of amides is 1. The number of rotatable bonds is 7. The lowest BCUT2D eigenvalue weighted by Crippen LogP contribution is -2.16. The standard InChI is InChI=1S/C22H19F3N2O2S/c1-2-19-11-17(14-30-19)21(28)27-26-12-16-7-3-4-9-20(16)29-13-15-6-5-8-18(10-15)22(23,24)25/h3-12,14H,2,13H2,1H3,(H,27,28)/b26-12-. The van der Waals surface area contributed by atoms with Gasteiger partial charge in [-0.15, -0.1) is 11.3 Å². The third kappa shape index (κ3) is 5.70. The molecule has 4 nitrogen and oxygen atoms in total. The van der Waals surface area contributed by atoms with Gasteiger partial charge in [-0.1, -0.05) is 31.2 Å². The van der Waals surface area contributed by atoms with Crippen molar-refractivity contribution < 1.29 is 22.7 Å². The first-order valence-electron chi connectivity index (χ1n) is 9.15. The molecule has 0 bridgehead atoms. The van der Waals surface area contributed by atoms with Gasteiger partial charge in [-0.05, 0) is 42.3 Å². The first-order valence-corrected chi connectivity index (χ1v) is 10.0. The predicted molar refractivity (Wildman–Crippen MR) is 111 cm³/mol. The molecule has 2 aromatic carbocycles. The second-order valence-corrected chi connectivity index (χ2v) is 7.37. The molecule has 1 heterocycles. The molecule has 1 aromatic heterocycles. The summed E-state index contributed by atoms with van der Waals surface area (Å²) >= 11 is 1.51. The summed E-state index contributed by atoms with van der Waals surface area (Å²) in [6.45, 7) is 1.98. The van der Waals surface area contributed by atoms with Crippen molar-refractivity contribution in [1.82, 2.24) is 5.43 Å². The Kier molecular flexibility index (Phi) is 6.89. The van der Waals surface area contributed by atoms with Gasteiger partial charge in [0.15, 0.2) is 0 Å². The number of para-hydroxylation sites is 1. The molecule has 0 aliphatic rings. The minimum Gasteiger partial charge on any atom is -0.488 e. The molecule has 0 unspecified atom stereocenters. The van der Waals surface area contributed by atoms with E-state index in [4.69, 9.17) is 4.74 Å². The fourth-order valence-corrected chi connectivity index (χ4v) is 3.44. The molecule has 0 saturated heterocycles. The molecule has 30 heavy (non-hydrogen) atoms. The highest BCUT2D eigenvalue weighted by Crippen LogP contribution is 2.30. The number of aryl methyl sites for hydroxylation is 1. The summed E-state index contributed by atoms with van der Waals surface area (Å²) in [5, 5.41) is 5.74. The number of halogens is 3. The lowest BCUT2D eigenvalue weighted by Gasteiger charge is -2.11. The molecule has 0 aliphatic carbocycles. The number of nitrogens with one attached hydrogen (secondary N) is 1. The number of alkyl halides is 3. The van der Waals surface area contributed by atoms with E-state index in [-0.39, 0.29) is 12.5 Å². The first kappa shape index (κ1) is 21.6. The third-order valence-corrected chi connectivity index (χ3v) is 5.28. The van der Waals surface area contributed by atoms with Crippen LogP contribution in [0.25, 0.3) is 0 Å². The van der Waals surface area contributed by atoms with Gasteiger partial charge >= 0.3 is 6.18 Å². The Morgan fingerprint density at radius 2 is 1.97 bits per heavy atom. The Labute approximate surface area is 176 Å². The lowest BCUT2D eigenvalue weighted by atomic mass is 10.1. The van der Waals surface area contributed by atoms with E-state index in [1.54, 1.807) is 35.7 Å². The molecule has 3 aromatic rings. The maximum absolute atomic E-state index is 12.9. The zero-order chi connectivity index (χ0) is 21.6. The minimum atomic E-state index is -4.40. The summed E-state index contributed by atoms with van der Waals surface area (Å²) in [6, 6.07) is 13.7. The Hall–Kier alpha value is -3.13. The first-order chi connectivity index (χ1) is 14.4. The van der Waals surface area contributed by atoms with Crippen molar-refractivity contribution in [2.45, 2.75) is 26.1 Å². The molecule has 0 saturated carbocycles. The quantitative estimate of drug-likeness (QED) is 0.386. The molecular formula is C22H19F3N2O2S. The van der Waals surface area contributed by atoms with Gasteiger partial charge in [-0.25, -0.2) is 5.43 Å². The number of benzene rings is 2. The summed E-state index contributed by atoms with van der Waals surface area (Å²) in [5.41, 5.74) is 3.27. The fourth-order valence-electron chi connectivity index (χ4n) is 2.63. The predicted octanol–water partition coefficient (Wildman–Crippen LogP) is 5.67. The summed E-state index contributed by atoms with van der Waals surface area (Å²) < 4.78 is 44.2. The largest absolute Gasteiger partial charge is 0.488 e. The van der Waals surface area contributed by atoms with E-state index in [9.17, 15) is 18.0 Å². The summed E-state index contributed by atoms with van der Waals surface area (Å²) in [4.78, 5) is 13.2. The van der Waals surface area contributed by atoms with Crippen molar-refractivity contribution >= 4 is 23.5 Å². The molecule has 0 radical (unpaired) electrons. The van der Waals surface area contributed by atoms with E-state index in [0.29, 0.717) is 22.4 Å². The van der Waals surface area contributed by atoms with Gasteiger partial charge in [0.1, 0.15) is 12.4 Å². The summed E-state index contributed by atoms with van der Waals surface area (Å²) in [5.74, 6) is 0.126. The normalized spacial score (nSPS) is 11.6. The molecular weight excluding hydrogens is 413 g/mol. The van der Waals surface area contributed by atoms with Crippen LogP contribution in [0.1, 0.15) is 38.8 Å². The Morgan fingerprint density at radius 3 is 2.70 bits per heavy atom.